The van der Waals surface area contributed by atoms with Crippen molar-refractivity contribution in [1.29, 1.82) is 0 Å². The highest BCUT2D eigenvalue weighted by Crippen LogP contribution is 2.28. The molecule has 4 nitrogen and oxygen atoms in total. The summed E-state index contributed by atoms with van der Waals surface area (Å²) < 4.78 is 10.5. The molecule has 0 radical (unpaired) electrons. The van der Waals surface area contributed by atoms with Gasteiger partial charge in [0.25, 0.3) is 0 Å². The van der Waals surface area contributed by atoms with E-state index in [1.807, 2.05) is 0 Å². The van der Waals surface area contributed by atoms with E-state index in [2.05, 4.69) is 17.2 Å². The molecule has 0 saturated carbocycles. The topological polar surface area (TPSA) is 43.4 Å². The predicted octanol–water partition coefficient (Wildman–Crippen LogP) is 2.21. The van der Waals surface area contributed by atoms with Crippen LogP contribution >= 0.6 is 11.6 Å². The normalized spacial score (nSPS) is 12.2. The molecule has 1 unspecified atom stereocenters. The van der Waals surface area contributed by atoms with Crippen LogP contribution < -0.4 is 14.8 Å². The molecule has 1 N–H and O–H groups in total. The summed E-state index contributed by atoms with van der Waals surface area (Å²) in [6.07, 6.45) is 2.64. The third-order valence-corrected chi connectivity index (χ3v) is 2.74. The predicted molar refractivity (Wildman–Crippen MR) is 69.0 cm³/mol. The Balaban J connectivity index is 2.70. The minimum absolute atomic E-state index is 0.352. The quantitative estimate of drug-likeness (QED) is 0.762. The van der Waals surface area contributed by atoms with Crippen molar-refractivity contribution in [3.05, 3.63) is 18.0 Å². The molecule has 1 rings (SSSR count). The van der Waals surface area contributed by atoms with Gasteiger partial charge in [0.2, 0.25) is 0 Å². The Morgan fingerprint density at radius 3 is 2.76 bits per heavy atom. The fraction of sp³-hybridized carbons (Fsp3) is 0.583. The van der Waals surface area contributed by atoms with Crippen molar-refractivity contribution in [3.8, 4) is 11.5 Å². The minimum Gasteiger partial charge on any atom is -0.493 e. The molecule has 0 spiro atoms. The van der Waals surface area contributed by atoms with Crippen molar-refractivity contribution < 1.29 is 9.47 Å². The summed E-state index contributed by atoms with van der Waals surface area (Å²) in [4.78, 5) is 4.29. The van der Waals surface area contributed by atoms with Crippen molar-refractivity contribution in [3.63, 3.8) is 0 Å². The summed E-state index contributed by atoms with van der Waals surface area (Å²) in [5.74, 6) is 2.03. The molecule has 0 aliphatic carbocycles. The highest BCUT2D eigenvalue weighted by Gasteiger charge is 2.11. The van der Waals surface area contributed by atoms with E-state index in [9.17, 15) is 0 Å². The molecule has 1 atom stereocenters. The van der Waals surface area contributed by atoms with E-state index in [-0.39, 0.29) is 0 Å². The first-order valence-corrected chi connectivity index (χ1v) is 6.11. The zero-order valence-corrected chi connectivity index (χ0v) is 11.3. The Bertz CT molecular complexity index is 347. The van der Waals surface area contributed by atoms with Crippen molar-refractivity contribution >= 4 is 11.6 Å². The van der Waals surface area contributed by atoms with Crippen LogP contribution in [-0.4, -0.2) is 31.1 Å². The van der Waals surface area contributed by atoms with Crippen molar-refractivity contribution in [2.45, 2.75) is 25.9 Å². The number of alkyl halides is 1. The zero-order chi connectivity index (χ0) is 12.7. The van der Waals surface area contributed by atoms with E-state index in [0.29, 0.717) is 30.0 Å². The Labute approximate surface area is 107 Å². The summed E-state index contributed by atoms with van der Waals surface area (Å²) >= 11 is 5.68. The van der Waals surface area contributed by atoms with Gasteiger partial charge >= 0.3 is 0 Å². The minimum atomic E-state index is 0.352. The number of hydrogen-bond donors (Lipinski definition) is 1. The van der Waals surface area contributed by atoms with Gasteiger partial charge in [0, 0.05) is 30.7 Å². The first kappa shape index (κ1) is 14.1. The van der Waals surface area contributed by atoms with Crippen LogP contribution in [0.4, 0.5) is 0 Å². The Morgan fingerprint density at radius 1 is 1.41 bits per heavy atom. The van der Waals surface area contributed by atoms with Gasteiger partial charge in [-0.1, -0.05) is 0 Å². The standard InChI is InChI=1S/C12H19ClN2O2/c1-9(4-6-13)15-8-10-12(17-3)11(16-2)5-7-14-10/h5,7,9,15H,4,6,8H2,1-3H3. The van der Waals surface area contributed by atoms with Gasteiger partial charge in [-0.05, 0) is 13.3 Å². The van der Waals surface area contributed by atoms with Gasteiger partial charge in [-0.2, -0.15) is 0 Å². The lowest BCUT2D eigenvalue weighted by Gasteiger charge is -2.15. The second-order valence-electron chi connectivity index (χ2n) is 3.75. The van der Waals surface area contributed by atoms with Crippen LogP contribution in [0, 0.1) is 0 Å². The summed E-state index contributed by atoms with van der Waals surface area (Å²) in [5.41, 5.74) is 0.841. The molecule has 1 aromatic heterocycles. The maximum absolute atomic E-state index is 5.68. The zero-order valence-electron chi connectivity index (χ0n) is 10.5. The van der Waals surface area contributed by atoms with Crippen molar-refractivity contribution in [2.75, 3.05) is 20.1 Å². The van der Waals surface area contributed by atoms with Gasteiger partial charge in [0.05, 0.1) is 19.9 Å². The molecule has 1 heterocycles. The molecular formula is C12H19ClN2O2. The molecule has 5 heteroatoms. The summed E-state index contributed by atoms with van der Waals surface area (Å²) in [5, 5.41) is 3.34. The highest BCUT2D eigenvalue weighted by atomic mass is 35.5. The first-order chi connectivity index (χ1) is 8.22. The Morgan fingerprint density at radius 2 is 2.18 bits per heavy atom. The van der Waals surface area contributed by atoms with Crippen LogP contribution in [0.2, 0.25) is 0 Å². The summed E-state index contributed by atoms with van der Waals surface area (Å²) in [6.45, 7) is 2.73. The van der Waals surface area contributed by atoms with Crippen LogP contribution in [-0.2, 0) is 6.54 Å². The number of ether oxygens (including phenoxy) is 2. The molecule has 0 aromatic carbocycles. The van der Waals surface area contributed by atoms with Crippen LogP contribution in [0.5, 0.6) is 11.5 Å². The summed E-state index contributed by atoms with van der Waals surface area (Å²) in [6, 6.07) is 2.13. The monoisotopic (exact) mass is 258 g/mol. The SMILES string of the molecule is COc1ccnc(CNC(C)CCCl)c1OC. The number of methoxy groups -OCH3 is 2. The largest absolute Gasteiger partial charge is 0.493 e. The van der Waals surface area contributed by atoms with Crippen LogP contribution in [0.3, 0.4) is 0 Å². The molecule has 0 fully saturated rings. The first-order valence-electron chi connectivity index (χ1n) is 5.58. The molecule has 0 aliphatic rings. The molecule has 0 amide bonds. The highest BCUT2D eigenvalue weighted by molar-refractivity contribution is 6.17. The number of pyridine rings is 1. The second kappa shape index (κ2) is 7.35. The van der Waals surface area contributed by atoms with Gasteiger partial charge in [0.15, 0.2) is 11.5 Å². The number of nitrogens with one attached hydrogen (secondary N) is 1. The Hall–Kier alpha value is -1.00. The van der Waals surface area contributed by atoms with E-state index in [1.165, 1.54) is 0 Å². The molecule has 96 valence electrons. The molecule has 0 bridgehead atoms. The average Bonchev–Trinajstić information content (AvgIpc) is 2.36. The van der Waals surface area contributed by atoms with E-state index in [4.69, 9.17) is 21.1 Å². The molecule has 0 aliphatic heterocycles. The van der Waals surface area contributed by atoms with Crippen LogP contribution in [0.1, 0.15) is 19.0 Å². The van der Waals surface area contributed by atoms with Crippen LogP contribution in [0.25, 0.3) is 0 Å². The number of hydrogen-bond acceptors (Lipinski definition) is 4. The fourth-order valence-corrected chi connectivity index (χ4v) is 1.84. The molecule has 17 heavy (non-hydrogen) atoms. The van der Waals surface area contributed by atoms with Gasteiger partial charge in [-0.3, -0.25) is 4.98 Å². The van der Waals surface area contributed by atoms with Gasteiger partial charge in [-0.15, -0.1) is 11.6 Å². The fourth-order valence-electron chi connectivity index (χ4n) is 1.51. The number of nitrogens with zero attached hydrogens (tertiary/aromatic N) is 1. The Kier molecular flexibility index (Phi) is 6.08. The molecular weight excluding hydrogens is 240 g/mol. The van der Waals surface area contributed by atoms with E-state index in [0.717, 1.165) is 12.1 Å². The maximum Gasteiger partial charge on any atom is 0.183 e. The van der Waals surface area contributed by atoms with Gasteiger partial charge in [-0.25, -0.2) is 0 Å². The number of rotatable bonds is 7. The van der Waals surface area contributed by atoms with Crippen molar-refractivity contribution in [2.24, 2.45) is 0 Å². The third-order valence-electron chi connectivity index (χ3n) is 2.53. The summed E-state index contributed by atoms with van der Waals surface area (Å²) in [7, 11) is 3.23. The molecule has 0 saturated heterocycles. The number of halogens is 1. The van der Waals surface area contributed by atoms with E-state index < -0.39 is 0 Å². The molecule has 1 aromatic rings. The lowest BCUT2D eigenvalue weighted by molar-refractivity contribution is 0.347. The van der Waals surface area contributed by atoms with Gasteiger partial charge < -0.3 is 14.8 Å². The van der Waals surface area contributed by atoms with E-state index in [1.54, 1.807) is 26.5 Å². The average molecular weight is 259 g/mol. The smallest absolute Gasteiger partial charge is 0.183 e. The lowest BCUT2D eigenvalue weighted by atomic mass is 10.2. The van der Waals surface area contributed by atoms with Gasteiger partial charge in [0.1, 0.15) is 0 Å². The van der Waals surface area contributed by atoms with Crippen molar-refractivity contribution in [1.82, 2.24) is 10.3 Å². The second-order valence-corrected chi connectivity index (χ2v) is 4.13. The lowest BCUT2D eigenvalue weighted by Crippen LogP contribution is -2.26. The number of aromatic nitrogens is 1. The van der Waals surface area contributed by atoms with Crippen LogP contribution in [0.15, 0.2) is 12.3 Å². The third kappa shape index (κ3) is 4.06. The maximum atomic E-state index is 5.68. The van der Waals surface area contributed by atoms with E-state index >= 15 is 0 Å².